The number of rotatable bonds is 9. The Morgan fingerprint density at radius 2 is 1.71 bits per heavy atom. The van der Waals surface area contributed by atoms with Gasteiger partial charge in [-0.05, 0) is 47.4 Å². The minimum absolute atomic E-state index is 0.148. The molecule has 6 nitrogen and oxygen atoms in total. The van der Waals surface area contributed by atoms with Gasteiger partial charge in [0.05, 0.1) is 6.61 Å². The molecule has 6 heteroatoms. The van der Waals surface area contributed by atoms with E-state index in [4.69, 9.17) is 9.47 Å². The van der Waals surface area contributed by atoms with E-state index in [1.54, 1.807) is 37.5 Å². The highest BCUT2D eigenvalue weighted by Crippen LogP contribution is 2.25. The maximum Gasteiger partial charge on any atom is 0.344 e. The van der Waals surface area contributed by atoms with E-state index in [0.29, 0.717) is 18.9 Å². The summed E-state index contributed by atoms with van der Waals surface area (Å²) in [6, 6.07) is 20.6. The van der Waals surface area contributed by atoms with Crippen molar-refractivity contribution in [1.82, 2.24) is 10.3 Å². The van der Waals surface area contributed by atoms with Gasteiger partial charge in [-0.3, -0.25) is 9.78 Å². The molecule has 1 N–H and O–H groups in total. The molecule has 0 unspecified atom stereocenters. The maximum absolute atomic E-state index is 12.6. The van der Waals surface area contributed by atoms with E-state index < -0.39 is 5.97 Å². The molecular formula is C25H24N2O4. The number of hydrogen-bond acceptors (Lipinski definition) is 5. The molecule has 3 aromatic rings. The molecule has 2 aromatic carbocycles. The molecule has 0 saturated heterocycles. The summed E-state index contributed by atoms with van der Waals surface area (Å²) < 4.78 is 10.3. The smallest absolute Gasteiger partial charge is 0.344 e. The fraction of sp³-hybridized carbons (Fsp3) is 0.160. The topological polar surface area (TPSA) is 77.5 Å². The van der Waals surface area contributed by atoms with Crippen molar-refractivity contribution < 1.29 is 19.1 Å². The fourth-order valence-electron chi connectivity index (χ4n) is 2.90. The van der Waals surface area contributed by atoms with Gasteiger partial charge in [0.25, 0.3) is 0 Å². The van der Waals surface area contributed by atoms with Crippen LogP contribution in [-0.2, 0) is 20.9 Å². The van der Waals surface area contributed by atoms with E-state index >= 15 is 0 Å². The second kappa shape index (κ2) is 11.3. The molecule has 0 fully saturated rings. The zero-order chi connectivity index (χ0) is 21.9. The van der Waals surface area contributed by atoms with Crippen molar-refractivity contribution in [2.45, 2.75) is 13.5 Å². The predicted molar refractivity (Wildman–Crippen MR) is 118 cm³/mol. The van der Waals surface area contributed by atoms with Crippen LogP contribution in [0.3, 0.4) is 0 Å². The average molecular weight is 416 g/mol. The molecule has 31 heavy (non-hydrogen) atoms. The maximum atomic E-state index is 12.6. The molecule has 1 amide bonds. The highest BCUT2D eigenvalue weighted by molar-refractivity contribution is 5.99. The summed E-state index contributed by atoms with van der Waals surface area (Å²) >= 11 is 0. The largest absolute Gasteiger partial charge is 0.482 e. The van der Waals surface area contributed by atoms with Gasteiger partial charge < -0.3 is 14.8 Å². The van der Waals surface area contributed by atoms with Crippen LogP contribution in [0.4, 0.5) is 0 Å². The molecule has 0 aliphatic heterocycles. The van der Waals surface area contributed by atoms with Crippen LogP contribution in [0.15, 0.2) is 85.2 Å². The number of nitrogens with one attached hydrogen (secondary N) is 1. The van der Waals surface area contributed by atoms with Crippen LogP contribution in [0.5, 0.6) is 5.75 Å². The van der Waals surface area contributed by atoms with Crippen LogP contribution in [0.1, 0.15) is 23.6 Å². The van der Waals surface area contributed by atoms with E-state index in [9.17, 15) is 9.59 Å². The second-order valence-electron chi connectivity index (χ2n) is 6.62. The van der Waals surface area contributed by atoms with Crippen LogP contribution < -0.4 is 10.1 Å². The van der Waals surface area contributed by atoms with E-state index in [1.165, 1.54) is 0 Å². The van der Waals surface area contributed by atoms with Gasteiger partial charge in [-0.15, -0.1) is 0 Å². The Bertz CT molecular complexity index is 1020. The van der Waals surface area contributed by atoms with E-state index in [2.05, 4.69) is 10.3 Å². The lowest BCUT2D eigenvalue weighted by Crippen LogP contribution is -2.21. The highest BCUT2D eigenvalue weighted by atomic mass is 16.6. The first-order chi connectivity index (χ1) is 15.2. The Labute approximate surface area is 181 Å². The molecule has 0 spiro atoms. The summed E-state index contributed by atoms with van der Waals surface area (Å²) in [6.07, 6.45) is 5.00. The number of carbonyl (C=O) groups excluding carboxylic acids is 2. The Kier molecular flexibility index (Phi) is 7.94. The van der Waals surface area contributed by atoms with Crippen LogP contribution in [-0.4, -0.2) is 30.1 Å². The van der Waals surface area contributed by atoms with Crippen molar-refractivity contribution in [2.75, 3.05) is 13.2 Å². The summed E-state index contributed by atoms with van der Waals surface area (Å²) in [7, 11) is 0. The second-order valence-corrected chi connectivity index (χ2v) is 6.62. The van der Waals surface area contributed by atoms with Gasteiger partial charge in [0.15, 0.2) is 6.61 Å². The first kappa shape index (κ1) is 21.8. The summed E-state index contributed by atoms with van der Waals surface area (Å²) in [5.41, 5.74) is 3.47. The first-order valence-corrected chi connectivity index (χ1v) is 9.98. The predicted octanol–water partition coefficient (Wildman–Crippen LogP) is 3.77. The Morgan fingerprint density at radius 1 is 0.968 bits per heavy atom. The van der Waals surface area contributed by atoms with Gasteiger partial charge >= 0.3 is 5.97 Å². The molecule has 3 rings (SSSR count). The van der Waals surface area contributed by atoms with Crippen molar-refractivity contribution in [3.8, 4) is 5.75 Å². The fourth-order valence-corrected chi connectivity index (χ4v) is 2.90. The quantitative estimate of drug-likeness (QED) is 0.424. The van der Waals surface area contributed by atoms with Gasteiger partial charge in [0.2, 0.25) is 5.91 Å². The average Bonchev–Trinajstić information content (AvgIpc) is 2.82. The van der Waals surface area contributed by atoms with Crippen molar-refractivity contribution in [3.63, 3.8) is 0 Å². The lowest BCUT2D eigenvalue weighted by Gasteiger charge is -2.11. The van der Waals surface area contributed by atoms with Gasteiger partial charge in [0, 0.05) is 25.0 Å². The number of esters is 1. The Morgan fingerprint density at radius 3 is 2.39 bits per heavy atom. The minimum Gasteiger partial charge on any atom is -0.482 e. The minimum atomic E-state index is -0.415. The van der Waals surface area contributed by atoms with Crippen LogP contribution in [0.25, 0.3) is 5.57 Å². The van der Waals surface area contributed by atoms with Crippen molar-refractivity contribution >= 4 is 17.4 Å². The van der Waals surface area contributed by atoms with Crippen molar-refractivity contribution in [2.24, 2.45) is 0 Å². The number of carbonyl (C=O) groups is 2. The van der Waals surface area contributed by atoms with Crippen molar-refractivity contribution in [3.05, 3.63) is 102 Å². The van der Waals surface area contributed by atoms with E-state index in [0.717, 1.165) is 22.3 Å². The summed E-state index contributed by atoms with van der Waals surface area (Å²) in [5.74, 6) is -0.0719. The number of pyridine rings is 1. The third-order valence-electron chi connectivity index (χ3n) is 4.38. The van der Waals surface area contributed by atoms with Gasteiger partial charge in [-0.1, -0.05) is 48.5 Å². The number of nitrogens with zero attached hydrogens (tertiary/aromatic N) is 1. The number of hydrogen-bond donors (Lipinski definition) is 1. The molecule has 0 saturated carbocycles. The van der Waals surface area contributed by atoms with Crippen molar-refractivity contribution in [1.29, 1.82) is 0 Å². The molecule has 1 aromatic heterocycles. The summed E-state index contributed by atoms with van der Waals surface area (Å²) in [5, 5.41) is 2.89. The molecule has 158 valence electrons. The van der Waals surface area contributed by atoms with Gasteiger partial charge in [-0.25, -0.2) is 4.79 Å². The Hall–Kier alpha value is -3.93. The van der Waals surface area contributed by atoms with Crippen LogP contribution in [0, 0.1) is 0 Å². The van der Waals surface area contributed by atoms with Crippen LogP contribution in [0.2, 0.25) is 0 Å². The third-order valence-corrected chi connectivity index (χ3v) is 4.38. The SMILES string of the molecule is CCOC(=O)COc1ccc(C(=CC(=O)NCc2cccnc2)c2ccccc2)cc1. The molecular weight excluding hydrogens is 392 g/mol. The monoisotopic (exact) mass is 416 g/mol. The molecule has 0 aliphatic carbocycles. The number of amides is 1. The third kappa shape index (κ3) is 6.82. The lowest BCUT2D eigenvalue weighted by molar-refractivity contribution is -0.145. The number of ether oxygens (including phenoxy) is 2. The molecule has 0 radical (unpaired) electrons. The highest BCUT2D eigenvalue weighted by Gasteiger charge is 2.09. The molecule has 0 bridgehead atoms. The standard InChI is InChI=1S/C25H24N2O4/c1-2-30-25(29)18-31-22-12-10-21(11-13-22)23(20-8-4-3-5-9-20)15-24(28)27-17-19-7-6-14-26-16-19/h3-16H,2,17-18H2,1H3,(H,27,28). The van der Waals surface area contributed by atoms with E-state index in [1.807, 2.05) is 54.6 Å². The van der Waals surface area contributed by atoms with Crippen LogP contribution >= 0.6 is 0 Å². The first-order valence-electron chi connectivity index (χ1n) is 9.98. The zero-order valence-electron chi connectivity index (χ0n) is 17.3. The van der Waals surface area contributed by atoms with Gasteiger partial charge in [0.1, 0.15) is 5.75 Å². The normalized spacial score (nSPS) is 10.9. The Balaban J connectivity index is 1.75. The molecule has 0 atom stereocenters. The zero-order valence-corrected chi connectivity index (χ0v) is 17.3. The molecule has 1 heterocycles. The summed E-state index contributed by atoms with van der Waals surface area (Å²) in [6.45, 7) is 2.31. The lowest BCUT2D eigenvalue weighted by atomic mass is 9.97. The van der Waals surface area contributed by atoms with E-state index in [-0.39, 0.29) is 12.5 Å². The van der Waals surface area contributed by atoms with Gasteiger partial charge in [-0.2, -0.15) is 0 Å². The number of benzene rings is 2. The molecule has 0 aliphatic rings. The number of aromatic nitrogens is 1. The summed E-state index contributed by atoms with van der Waals surface area (Å²) in [4.78, 5) is 28.1.